The maximum Gasteiger partial charge on any atom is 0.250 e. The number of benzene rings is 1. The minimum absolute atomic E-state index is 0.219. The van der Waals surface area contributed by atoms with E-state index < -0.39 is 10.0 Å². The number of thiophene rings is 1. The van der Waals surface area contributed by atoms with Crippen LogP contribution in [-0.2, 0) is 21.4 Å². The molecule has 0 aliphatic rings. The van der Waals surface area contributed by atoms with Gasteiger partial charge in [0, 0.05) is 11.4 Å². The molecule has 2 aromatic rings. The molecule has 0 saturated carbocycles. The third-order valence-electron chi connectivity index (χ3n) is 3.01. The number of nitrogens with one attached hydrogen (secondary N) is 2. The summed E-state index contributed by atoms with van der Waals surface area (Å²) in [6, 6.07) is 11.0. The van der Waals surface area contributed by atoms with Gasteiger partial charge in [0.15, 0.2) is 0 Å². The van der Waals surface area contributed by atoms with E-state index in [4.69, 9.17) is 0 Å². The van der Waals surface area contributed by atoms with E-state index in [9.17, 15) is 13.2 Å². The molecule has 0 bridgehead atoms. The van der Waals surface area contributed by atoms with Crippen molar-refractivity contribution in [1.82, 2.24) is 10.0 Å². The fourth-order valence-corrected chi connectivity index (χ4v) is 4.07. The lowest BCUT2D eigenvalue weighted by Gasteiger charge is -2.07. The van der Waals surface area contributed by atoms with Crippen LogP contribution in [0.25, 0.3) is 0 Å². The largest absolute Gasteiger partial charge is 0.351 e. The summed E-state index contributed by atoms with van der Waals surface area (Å²) in [5, 5.41) is 2.69. The lowest BCUT2D eigenvalue weighted by Crippen LogP contribution is -2.36. The van der Waals surface area contributed by atoms with E-state index in [1.54, 1.807) is 6.07 Å². The molecule has 2 rings (SSSR count). The number of carbonyl (C=O) groups excluding carboxylic acids is 1. The molecule has 7 heteroatoms. The van der Waals surface area contributed by atoms with Crippen molar-refractivity contribution in [2.24, 2.45) is 0 Å². The number of rotatable bonds is 6. The van der Waals surface area contributed by atoms with E-state index >= 15 is 0 Å². The topological polar surface area (TPSA) is 75.3 Å². The summed E-state index contributed by atoms with van der Waals surface area (Å²) < 4.78 is 26.5. The second-order valence-corrected chi connectivity index (χ2v) is 8.23. The third-order valence-corrected chi connectivity index (χ3v) is 5.91. The number of aryl methyl sites for hydroxylation is 2. The Bertz CT molecular complexity index is 749. The summed E-state index contributed by atoms with van der Waals surface area (Å²) in [5.74, 6) is -0.363. The molecular formula is C15H18N2O3S2. The first kappa shape index (κ1) is 16.7. The van der Waals surface area contributed by atoms with Gasteiger partial charge in [-0.15, -0.1) is 11.3 Å². The zero-order valence-corrected chi connectivity index (χ0v) is 14.1. The smallest absolute Gasteiger partial charge is 0.250 e. The Morgan fingerprint density at radius 2 is 1.77 bits per heavy atom. The second kappa shape index (κ2) is 7.04. The van der Waals surface area contributed by atoms with Crippen LogP contribution in [0.4, 0.5) is 0 Å². The summed E-state index contributed by atoms with van der Waals surface area (Å²) >= 11 is 1.18. The van der Waals surface area contributed by atoms with Crippen molar-refractivity contribution in [3.05, 3.63) is 52.4 Å². The van der Waals surface area contributed by atoms with Gasteiger partial charge in [-0.05, 0) is 31.5 Å². The Labute approximate surface area is 134 Å². The molecule has 1 aromatic carbocycles. The van der Waals surface area contributed by atoms with Gasteiger partial charge in [0.25, 0.3) is 10.0 Å². The van der Waals surface area contributed by atoms with E-state index in [2.05, 4.69) is 10.0 Å². The zero-order valence-electron chi connectivity index (χ0n) is 12.4. The highest BCUT2D eigenvalue weighted by atomic mass is 32.2. The van der Waals surface area contributed by atoms with Crippen molar-refractivity contribution in [2.75, 3.05) is 6.54 Å². The molecule has 0 aliphatic carbocycles. The average molecular weight is 338 g/mol. The lowest BCUT2D eigenvalue weighted by molar-refractivity contribution is -0.120. The van der Waals surface area contributed by atoms with Gasteiger partial charge in [0.2, 0.25) is 5.91 Å². The van der Waals surface area contributed by atoms with Crippen LogP contribution in [0.5, 0.6) is 0 Å². The fourth-order valence-electron chi connectivity index (χ4n) is 1.76. The molecule has 2 N–H and O–H groups in total. The van der Waals surface area contributed by atoms with Crippen LogP contribution in [-0.4, -0.2) is 20.9 Å². The Morgan fingerprint density at radius 3 is 2.36 bits per heavy atom. The molecule has 1 aromatic heterocycles. The number of carbonyl (C=O) groups is 1. The molecule has 1 amide bonds. The van der Waals surface area contributed by atoms with Gasteiger partial charge in [0.05, 0.1) is 6.54 Å². The van der Waals surface area contributed by atoms with Crippen LogP contribution in [0, 0.1) is 13.8 Å². The Kier molecular flexibility index (Phi) is 5.33. The molecule has 0 atom stereocenters. The van der Waals surface area contributed by atoms with Crippen molar-refractivity contribution in [3.8, 4) is 0 Å². The highest BCUT2D eigenvalue weighted by Crippen LogP contribution is 2.19. The third kappa shape index (κ3) is 4.66. The van der Waals surface area contributed by atoms with Crippen LogP contribution in [0.3, 0.4) is 0 Å². The van der Waals surface area contributed by atoms with Gasteiger partial charge in [-0.25, -0.2) is 13.1 Å². The summed E-state index contributed by atoms with van der Waals surface area (Å²) in [5.41, 5.74) is 2.12. The van der Waals surface area contributed by atoms with Crippen LogP contribution in [0.2, 0.25) is 0 Å². The number of sulfonamides is 1. The van der Waals surface area contributed by atoms with Crippen molar-refractivity contribution in [2.45, 2.75) is 24.6 Å². The van der Waals surface area contributed by atoms with Crippen molar-refractivity contribution in [1.29, 1.82) is 0 Å². The Hall–Kier alpha value is -1.70. The number of hydrogen-bond acceptors (Lipinski definition) is 4. The normalized spacial score (nSPS) is 11.4. The molecule has 118 valence electrons. The Balaban J connectivity index is 1.83. The van der Waals surface area contributed by atoms with Gasteiger partial charge >= 0.3 is 0 Å². The molecule has 0 radical (unpaired) electrons. The first-order valence-corrected chi connectivity index (χ1v) is 9.05. The van der Waals surface area contributed by atoms with E-state index in [1.807, 2.05) is 38.1 Å². The monoisotopic (exact) mass is 338 g/mol. The minimum Gasteiger partial charge on any atom is -0.351 e. The SMILES string of the molecule is Cc1ccc(CNC(=O)CNS(=O)(=O)c2ccc(C)s2)cc1. The molecule has 0 spiro atoms. The first-order valence-electron chi connectivity index (χ1n) is 6.75. The lowest BCUT2D eigenvalue weighted by atomic mass is 10.1. The zero-order chi connectivity index (χ0) is 16.2. The van der Waals surface area contributed by atoms with Crippen molar-refractivity contribution in [3.63, 3.8) is 0 Å². The van der Waals surface area contributed by atoms with Gasteiger partial charge in [-0.1, -0.05) is 29.8 Å². The maximum atomic E-state index is 12.0. The molecular weight excluding hydrogens is 320 g/mol. The quantitative estimate of drug-likeness (QED) is 0.845. The predicted molar refractivity (Wildman–Crippen MR) is 87.3 cm³/mol. The molecule has 0 aliphatic heterocycles. The molecule has 0 saturated heterocycles. The van der Waals surface area contributed by atoms with Gasteiger partial charge in [0.1, 0.15) is 4.21 Å². The van der Waals surface area contributed by atoms with Gasteiger partial charge < -0.3 is 5.32 Å². The number of amides is 1. The molecule has 0 unspecified atom stereocenters. The highest BCUT2D eigenvalue weighted by Gasteiger charge is 2.17. The predicted octanol–water partition coefficient (Wildman–Crippen LogP) is 1.96. The minimum atomic E-state index is -3.62. The maximum absolute atomic E-state index is 12.0. The van der Waals surface area contributed by atoms with E-state index in [1.165, 1.54) is 17.4 Å². The van der Waals surface area contributed by atoms with Crippen LogP contribution in [0.1, 0.15) is 16.0 Å². The molecule has 5 nitrogen and oxygen atoms in total. The molecule has 0 fully saturated rings. The average Bonchev–Trinajstić information content (AvgIpc) is 2.92. The summed E-state index contributed by atoms with van der Waals surface area (Å²) in [7, 11) is -3.62. The summed E-state index contributed by atoms with van der Waals surface area (Å²) in [6.07, 6.45) is 0. The van der Waals surface area contributed by atoms with Crippen molar-refractivity contribution < 1.29 is 13.2 Å². The standard InChI is InChI=1S/C15H18N2O3S2/c1-11-3-6-13(7-4-11)9-16-14(18)10-17-22(19,20)15-8-5-12(2)21-15/h3-8,17H,9-10H2,1-2H3,(H,16,18). The van der Waals surface area contributed by atoms with E-state index in [-0.39, 0.29) is 16.7 Å². The summed E-state index contributed by atoms with van der Waals surface area (Å²) in [6.45, 7) is 3.92. The summed E-state index contributed by atoms with van der Waals surface area (Å²) in [4.78, 5) is 12.6. The first-order chi connectivity index (χ1) is 10.4. The van der Waals surface area contributed by atoms with Crippen molar-refractivity contribution >= 4 is 27.3 Å². The second-order valence-electron chi connectivity index (χ2n) is 4.95. The Morgan fingerprint density at radius 1 is 1.09 bits per heavy atom. The van der Waals surface area contributed by atoms with Crippen LogP contribution < -0.4 is 10.0 Å². The molecule has 22 heavy (non-hydrogen) atoms. The fraction of sp³-hybridized carbons (Fsp3) is 0.267. The molecule has 1 heterocycles. The van der Waals surface area contributed by atoms with Gasteiger partial charge in [-0.2, -0.15) is 0 Å². The van der Waals surface area contributed by atoms with E-state index in [0.29, 0.717) is 6.54 Å². The highest BCUT2D eigenvalue weighted by molar-refractivity contribution is 7.91. The number of hydrogen-bond donors (Lipinski definition) is 2. The van der Waals surface area contributed by atoms with Gasteiger partial charge in [-0.3, -0.25) is 4.79 Å². The van der Waals surface area contributed by atoms with E-state index in [0.717, 1.165) is 16.0 Å². The van der Waals surface area contributed by atoms with Crippen LogP contribution in [0.15, 0.2) is 40.6 Å². The van der Waals surface area contributed by atoms with Crippen LogP contribution >= 0.6 is 11.3 Å².